The van der Waals surface area contributed by atoms with Crippen molar-refractivity contribution >= 4 is 16.8 Å². The molecule has 0 aliphatic carbocycles. The minimum absolute atomic E-state index is 0.254. The first-order valence-electron chi connectivity index (χ1n) is 15.4. The average molecular weight is 619 g/mol. The Labute approximate surface area is 270 Å². The Hall–Kier alpha value is -5.44. The van der Waals surface area contributed by atoms with Crippen molar-refractivity contribution in [2.45, 2.75) is 46.1 Å². The molecule has 3 heterocycles. The molecule has 0 fully saturated rings. The van der Waals surface area contributed by atoms with E-state index in [1.165, 1.54) is 5.56 Å². The van der Waals surface area contributed by atoms with Crippen LogP contribution in [0.1, 0.15) is 58.7 Å². The standard InChI is InChI=1S/C26H24N6O.C9H12O2.C2H6/c33-26(22-12-6-7-15-27-22)29-23(16-19-17-28-21-11-5-4-10-20(19)21)25-30-24(31-32-25)14-13-18-8-2-1-3-9-18;1-7-4-5-8(10-2)6-9(7)11-3;1-2/h1-12,15,17,23,28H,13-14,16H2,(H,29,33)(H,30,31,32);4-6H,1-3H3;1-2H3/t23-;;/m1../s1. The van der Waals surface area contributed by atoms with E-state index in [0.29, 0.717) is 17.9 Å². The number of benzene rings is 3. The lowest BCUT2D eigenvalue weighted by Crippen LogP contribution is -2.31. The Balaban J connectivity index is 0.000000312. The largest absolute Gasteiger partial charge is 0.497 e. The van der Waals surface area contributed by atoms with Crippen LogP contribution in [0.15, 0.2) is 103 Å². The van der Waals surface area contributed by atoms with E-state index in [1.54, 1.807) is 38.6 Å². The van der Waals surface area contributed by atoms with Crippen molar-refractivity contribution in [3.05, 3.63) is 137 Å². The summed E-state index contributed by atoms with van der Waals surface area (Å²) in [5.74, 6) is 2.80. The summed E-state index contributed by atoms with van der Waals surface area (Å²) in [6.07, 6.45) is 5.75. The minimum atomic E-state index is -0.402. The molecule has 6 rings (SSSR count). The molecule has 0 radical (unpaired) electrons. The highest BCUT2D eigenvalue weighted by molar-refractivity contribution is 5.92. The Morgan fingerprint density at radius 1 is 0.891 bits per heavy atom. The summed E-state index contributed by atoms with van der Waals surface area (Å²) in [7, 11) is 3.30. The van der Waals surface area contributed by atoms with E-state index >= 15 is 0 Å². The summed E-state index contributed by atoms with van der Waals surface area (Å²) >= 11 is 0. The fraction of sp³-hybridized carbons (Fsp3) is 0.243. The molecule has 6 aromatic rings. The van der Waals surface area contributed by atoms with Crippen molar-refractivity contribution in [3.8, 4) is 11.5 Å². The minimum Gasteiger partial charge on any atom is -0.497 e. The third-order valence-corrected chi connectivity index (χ3v) is 7.27. The van der Waals surface area contributed by atoms with Crippen LogP contribution in [0.3, 0.4) is 0 Å². The van der Waals surface area contributed by atoms with Gasteiger partial charge in [-0.25, -0.2) is 4.98 Å². The van der Waals surface area contributed by atoms with Crippen molar-refractivity contribution in [1.29, 1.82) is 0 Å². The molecular weight excluding hydrogens is 576 g/mol. The summed E-state index contributed by atoms with van der Waals surface area (Å²) in [6, 6.07) is 29.0. The predicted molar refractivity (Wildman–Crippen MR) is 182 cm³/mol. The van der Waals surface area contributed by atoms with Gasteiger partial charge in [0.2, 0.25) is 0 Å². The van der Waals surface area contributed by atoms with Crippen molar-refractivity contribution in [1.82, 2.24) is 30.5 Å². The topological polar surface area (TPSA) is 118 Å². The van der Waals surface area contributed by atoms with Gasteiger partial charge in [0.15, 0.2) is 5.82 Å². The lowest BCUT2D eigenvalue weighted by molar-refractivity contribution is 0.0929. The first kappa shape index (κ1) is 33.5. The second-order valence-corrected chi connectivity index (χ2v) is 10.3. The first-order chi connectivity index (χ1) is 22.5. The predicted octanol–water partition coefficient (Wildman–Crippen LogP) is 7.22. The second-order valence-electron chi connectivity index (χ2n) is 10.3. The number of H-pyrrole nitrogens is 2. The summed E-state index contributed by atoms with van der Waals surface area (Å²) in [4.78, 5) is 25.1. The SMILES string of the molecule is CC.COc1ccc(C)c(OC)c1.O=C(N[C@H](Cc1c[nH]c2ccccc12)c1n[nH]c(CCc2ccccc2)n1)c1ccccn1. The van der Waals surface area contributed by atoms with Crippen LogP contribution in [0.25, 0.3) is 10.9 Å². The van der Waals surface area contributed by atoms with E-state index in [9.17, 15) is 4.79 Å². The molecule has 3 N–H and O–H groups in total. The van der Waals surface area contributed by atoms with Gasteiger partial charge in [0.1, 0.15) is 23.0 Å². The van der Waals surface area contributed by atoms with E-state index in [1.807, 2.05) is 81.6 Å². The van der Waals surface area contributed by atoms with Gasteiger partial charge >= 0.3 is 0 Å². The number of hydrogen-bond acceptors (Lipinski definition) is 6. The lowest BCUT2D eigenvalue weighted by Gasteiger charge is -2.15. The Morgan fingerprint density at radius 3 is 2.39 bits per heavy atom. The van der Waals surface area contributed by atoms with Gasteiger partial charge < -0.3 is 19.8 Å². The van der Waals surface area contributed by atoms with Gasteiger partial charge in [0.25, 0.3) is 5.91 Å². The number of fused-ring (bicyclic) bond motifs is 1. The van der Waals surface area contributed by atoms with Crippen LogP contribution in [-0.2, 0) is 19.3 Å². The number of para-hydroxylation sites is 1. The third-order valence-electron chi connectivity index (χ3n) is 7.27. The fourth-order valence-electron chi connectivity index (χ4n) is 4.87. The van der Waals surface area contributed by atoms with Crippen LogP contribution in [0.4, 0.5) is 0 Å². The van der Waals surface area contributed by atoms with Crippen LogP contribution in [0.2, 0.25) is 0 Å². The number of pyridine rings is 1. The molecule has 9 nitrogen and oxygen atoms in total. The van der Waals surface area contributed by atoms with E-state index < -0.39 is 6.04 Å². The smallest absolute Gasteiger partial charge is 0.270 e. The number of aromatic amines is 2. The maximum atomic E-state index is 12.9. The molecule has 0 bridgehead atoms. The van der Waals surface area contributed by atoms with Crippen molar-refractivity contribution in [2.24, 2.45) is 0 Å². The lowest BCUT2D eigenvalue weighted by atomic mass is 10.0. The maximum absolute atomic E-state index is 12.9. The molecule has 0 spiro atoms. The molecule has 0 aliphatic heterocycles. The van der Waals surface area contributed by atoms with Crippen molar-refractivity contribution in [3.63, 3.8) is 0 Å². The first-order valence-corrected chi connectivity index (χ1v) is 15.4. The van der Waals surface area contributed by atoms with E-state index in [2.05, 4.69) is 43.7 Å². The van der Waals surface area contributed by atoms with E-state index in [-0.39, 0.29) is 5.91 Å². The maximum Gasteiger partial charge on any atom is 0.270 e. The number of amides is 1. The van der Waals surface area contributed by atoms with Gasteiger partial charge in [-0.3, -0.25) is 14.9 Å². The molecule has 0 saturated carbocycles. The van der Waals surface area contributed by atoms with E-state index in [0.717, 1.165) is 52.2 Å². The molecule has 46 heavy (non-hydrogen) atoms. The molecule has 0 saturated heterocycles. The van der Waals surface area contributed by atoms with Crippen molar-refractivity contribution < 1.29 is 14.3 Å². The highest BCUT2D eigenvalue weighted by atomic mass is 16.5. The highest BCUT2D eigenvalue weighted by Crippen LogP contribution is 2.24. The number of rotatable bonds is 10. The number of hydrogen-bond donors (Lipinski definition) is 3. The number of carbonyl (C=O) groups is 1. The molecule has 1 atom stereocenters. The Morgan fingerprint density at radius 2 is 1.65 bits per heavy atom. The number of aryl methyl sites for hydroxylation is 3. The number of methoxy groups -OCH3 is 2. The van der Waals surface area contributed by atoms with Crippen LogP contribution >= 0.6 is 0 Å². The van der Waals surface area contributed by atoms with Crippen molar-refractivity contribution in [2.75, 3.05) is 14.2 Å². The second kappa shape index (κ2) is 17.2. The zero-order chi connectivity index (χ0) is 32.7. The zero-order valence-corrected chi connectivity index (χ0v) is 27.1. The van der Waals surface area contributed by atoms with Gasteiger partial charge in [-0.2, -0.15) is 5.10 Å². The van der Waals surface area contributed by atoms with Gasteiger partial charge in [-0.1, -0.05) is 74.5 Å². The fourth-order valence-corrected chi connectivity index (χ4v) is 4.87. The number of aromatic nitrogens is 5. The molecule has 0 unspecified atom stereocenters. The molecule has 0 aliphatic rings. The summed E-state index contributed by atoms with van der Waals surface area (Å²) in [6.45, 7) is 6.00. The molecule has 3 aromatic carbocycles. The van der Waals surface area contributed by atoms with E-state index in [4.69, 9.17) is 14.5 Å². The van der Waals surface area contributed by atoms with Crippen LogP contribution in [-0.4, -0.2) is 45.3 Å². The highest BCUT2D eigenvalue weighted by Gasteiger charge is 2.22. The van der Waals surface area contributed by atoms with Gasteiger partial charge in [-0.05, 0) is 54.3 Å². The van der Waals surface area contributed by atoms with Gasteiger partial charge in [-0.15, -0.1) is 0 Å². The third kappa shape index (κ3) is 9.04. The molecule has 1 amide bonds. The Kier molecular flexibility index (Phi) is 12.5. The molecule has 3 aromatic heterocycles. The summed E-state index contributed by atoms with van der Waals surface area (Å²) < 4.78 is 10.1. The molecule has 9 heteroatoms. The zero-order valence-electron chi connectivity index (χ0n) is 27.1. The average Bonchev–Trinajstić information content (AvgIpc) is 3.77. The number of nitrogens with one attached hydrogen (secondary N) is 3. The number of nitrogens with zero attached hydrogens (tertiary/aromatic N) is 3. The summed E-state index contributed by atoms with van der Waals surface area (Å²) in [5.41, 5.74) is 4.87. The monoisotopic (exact) mass is 618 g/mol. The molecular formula is C37H42N6O3. The number of carbonyl (C=O) groups excluding carboxylic acids is 1. The Bertz CT molecular complexity index is 1780. The quantitative estimate of drug-likeness (QED) is 0.149. The summed E-state index contributed by atoms with van der Waals surface area (Å²) in [5, 5.41) is 11.7. The van der Waals surface area contributed by atoms with Gasteiger partial charge in [0.05, 0.1) is 20.3 Å². The van der Waals surface area contributed by atoms with Crippen LogP contribution in [0.5, 0.6) is 11.5 Å². The molecule has 238 valence electrons. The number of ether oxygens (including phenoxy) is 2. The normalized spacial score (nSPS) is 11.0. The van der Waals surface area contributed by atoms with Crippen LogP contribution in [0, 0.1) is 6.92 Å². The van der Waals surface area contributed by atoms with Crippen LogP contribution < -0.4 is 14.8 Å². The van der Waals surface area contributed by atoms with Gasteiger partial charge in [0, 0.05) is 42.2 Å².